The van der Waals surface area contributed by atoms with E-state index in [1.54, 1.807) is 0 Å². The summed E-state index contributed by atoms with van der Waals surface area (Å²) in [4.78, 5) is 13.1. The van der Waals surface area contributed by atoms with Crippen molar-refractivity contribution >= 4 is 71.9 Å². The summed E-state index contributed by atoms with van der Waals surface area (Å²) in [6.45, 7) is 5.20. The van der Waals surface area contributed by atoms with E-state index in [0.29, 0.717) is 23.2 Å². The van der Waals surface area contributed by atoms with Crippen LogP contribution < -0.4 is 10.0 Å². The number of nitrogens with one attached hydrogen (secondary N) is 2. The minimum atomic E-state index is -3.99. The van der Waals surface area contributed by atoms with Crippen molar-refractivity contribution in [2.24, 2.45) is 0 Å². The van der Waals surface area contributed by atoms with Gasteiger partial charge in [-0.05, 0) is 54.6 Å². The molecule has 9 nitrogen and oxygen atoms in total. The molecule has 4 rings (SSSR count). The van der Waals surface area contributed by atoms with Crippen LogP contribution >= 0.6 is 34.5 Å². The molecule has 3 aromatic rings. The van der Waals surface area contributed by atoms with E-state index in [0.717, 1.165) is 11.3 Å². The van der Waals surface area contributed by atoms with Crippen LogP contribution in [-0.4, -0.2) is 53.4 Å². The largest absolute Gasteiger partial charge is 0.379 e. The minimum Gasteiger partial charge on any atom is -0.379 e. The van der Waals surface area contributed by atoms with Crippen molar-refractivity contribution in [2.45, 2.75) is 23.0 Å². The lowest BCUT2D eigenvalue weighted by Gasteiger charge is -2.26. The molecule has 1 aliphatic rings. The first kappa shape index (κ1) is 29.4. The van der Waals surface area contributed by atoms with Gasteiger partial charge in [0.15, 0.2) is 0 Å². The van der Waals surface area contributed by atoms with Crippen LogP contribution in [0, 0.1) is 0 Å². The summed E-state index contributed by atoms with van der Waals surface area (Å²) >= 11 is 12.8. The number of benzene rings is 2. The molecule has 1 amide bonds. The molecule has 0 radical (unpaired) electrons. The lowest BCUT2D eigenvalue weighted by molar-refractivity contribution is 0.0730. The molecule has 1 aliphatic heterocycles. The molecular weight excluding hydrogens is 581 g/mol. The number of anilines is 2. The molecule has 2 N–H and O–H groups in total. The van der Waals surface area contributed by atoms with Gasteiger partial charge < -0.3 is 10.1 Å². The van der Waals surface area contributed by atoms with Crippen molar-refractivity contribution in [2.75, 3.05) is 36.3 Å². The van der Waals surface area contributed by atoms with Gasteiger partial charge in [-0.1, -0.05) is 37.0 Å². The molecule has 200 valence electrons. The Kier molecular flexibility index (Phi) is 9.98. The highest BCUT2D eigenvalue weighted by atomic mass is 35.5. The molecule has 14 heteroatoms. The lowest BCUT2D eigenvalue weighted by atomic mass is 10.1. The number of carbonyl (C=O) groups excluding carboxylic acids is 1. The van der Waals surface area contributed by atoms with E-state index in [9.17, 15) is 21.6 Å². The third kappa shape index (κ3) is 7.23. The minimum absolute atomic E-state index is 0.0131. The summed E-state index contributed by atoms with van der Waals surface area (Å²) in [5.74, 6) is -0.641. The molecule has 0 atom stereocenters. The van der Waals surface area contributed by atoms with Gasteiger partial charge in [-0.3, -0.25) is 9.52 Å². The average Bonchev–Trinajstić information content (AvgIpc) is 3.34. The highest BCUT2D eigenvalue weighted by Gasteiger charge is 2.26. The molecule has 0 unspecified atom stereocenters. The number of sulfonamides is 2. The highest BCUT2D eigenvalue weighted by Crippen LogP contribution is 2.30. The van der Waals surface area contributed by atoms with Crippen LogP contribution in [0.2, 0.25) is 9.36 Å². The molecule has 1 saturated heterocycles. The number of nitrogens with zero attached hydrogens (tertiary/aromatic N) is 1. The summed E-state index contributed by atoms with van der Waals surface area (Å²) in [5, 5.41) is 2.86. The maximum atomic E-state index is 13.0. The lowest BCUT2D eigenvalue weighted by Crippen LogP contribution is -2.40. The molecule has 0 bridgehead atoms. The Morgan fingerprint density at radius 3 is 2.19 bits per heavy atom. The van der Waals surface area contributed by atoms with Gasteiger partial charge in [-0.25, -0.2) is 16.8 Å². The smallest absolute Gasteiger partial charge is 0.271 e. The number of ether oxygens (including phenoxy) is 1. The van der Waals surface area contributed by atoms with Gasteiger partial charge in [0.25, 0.3) is 15.9 Å². The number of morpholine rings is 1. The van der Waals surface area contributed by atoms with Crippen LogP contribution in [0.25, 0.3) is 0 Å². The predicted octanol–water partition coefficient (Wildman–Crippen LogP) is 5.16. The molecule has 2 heterocycles. The van der Waals surface area contributed by atoms with Crippen molar-refractivity contribution in [3.05, 3.63) is 69.5 Å². The third-order valence-electron chi connectivity index (χ3n) is 5.00. The van der Waals surface area contributed by atoms with Crippen molar-refractivity contribution < 1.29 is 26.4 Å². The third-order valence-corrected chi connectivity index (χ3v) is 10.2. The monoisotopic (exact) mass is 605 g/mol. The van der Waals surface area contributed by atoms with E-state index in [2.05, 4.69) is 10.0 Å². The van der Waals surface area contributed by atoms with Crippen molar-refractivity contribution in [3.8, 4) is 0 Å². The Morgan fingerprint density at radius 2 is 1.59 bits per heavy atom. The van der Waals surface area contributed by atoms with Crippen molar-refractivity contribution in [3.63, 3.8) is 0 Å². The second-order valence-electron chi connectivity index (χ2n) is 7.35. The second kappa shape index (κ2) is 12.6. The SMILES string of the molecule is CC.O=C(Nc1ccc(S(=O)(=O)N2CCOCC2)cc1)c1cc(Cl)ccc1NS(=O)(=O)c1ccc(Cl)s1. The average molecular weight is 607 g/mol. The fourth-order valence-electron chi connectivity index (χ4n) is 3.28. The number of thiophene rings is 1. The zero-order valence-electron chi connectivity index (χ0n) is 19.9. The number of hydrogen-bond donors (Lipinski definition) is 2. The van der Waals surface area contributed by atoms with Crippen molar-refractivity contribution in [1.29, 1.82) is 0 Å². The van der Waals surface area contributed by atoms with E-state index in [-0.39, 0.29) is 38.5 Å². The quantitative estimate of drug-likeness (QED) is 0.384. The first-order valence-corrected chi connectivity index (χ1v) is 15.6. The maximum Gasteiger partial charge on any atom is 0.271 e. The van der Waals surface area contributed by atoms with Gasteiger partial charge in [-0.2, -0.15) is 4.31 Å². The van der Waals surface area contributed by atoms with E-state index in [1.807, 2.05) is 13.8 Å². The Balaban J connectivity index is 0.00000186. The van der Waals surface area contributed by atoms with Crippen LogP contribution in [0.5, 0.6) is 0 Å². The molecule has 2 aromatic carbocycles. The van der Waals surface area contributed by atoms with Crippen LogP contribution in [0.1, 0.15) is 24.2 Å². The van der Waals surface area contributed by atoms with Gasteiger partial charge in [-0.15, -0.1) is 11.3 Å². The van der Waals surface area contributed by atoms with E-state index in [4.69, 9.17) is 27.9 Å². The van der Waals surface area contributed by atoms with E-state index < -0.39 is 26.0 Å². The van der Waals surface area contributed by atoms with Crippen LogP contribution in [0.3, 0.4) is 0 Å². The number of hydrogen-bond acceptors (Lipinski definition) is 7. The molecular formula is C23H25Cl2N3O6S3. The number of halogens is 2. The van der Waals surface area contributed by atoms with Gasteiger partial charge in [0.05, 0.1) is 33.7 Å². The standard InChI is InChI=1S/C21H19Cl2N3O6S3.C2H6/c22-14-1-6-18(25-34(28,29)20-8-7-19(23)33-20)17(13-14)21(27)24-15-2-4-16(5-3-15)35(30,31)26-9-11-32-12-10-26;1-2/h1-8,13,25H,9-12H2,(H,24,27);1-2H3. The zero-order chi connectivity index (χ0) is 27.2. The van der Waals surface area contributed by atoms with E-state index >= 15 is 0 Å². The van der Waals surface area contributed by atoms with Crippen LogP contribution in [-0.2, 0) is 24.8 Å². The molecule has 37 heavy (non-hydrogen) atoms. The van der Waals surface area contributed by atoms with Gasteiger partial charge >= 0.3 is 0 Å². The summed E-state index contributed by atoms with van der Waals surface area (Å²) in [5.41, 5.74) is 0.312. The summed E-state index contributed by atoms with van der Waals surface area (Å²) < 4.78 is 60.2. The van der Waals surface area contributed by atoms with Crippen LogP contribution in [0.15, 0.2) is 63.7 Å². The zero-order valence-corrected chi connectivity index (χ0v) is 23.9. The highest BCUT2D eigenvalue weighted by molar-refractivity contribution is 7.94. The first-order chi connectivity index (χ1) is 17.6. The molecule has 0 aliphatic carbocycles. The normalized spacial score (nSPS) is 14.4. The van der Waals surface area contributed by atoms with Gasteiger partial charge in [0.1, 0.15) is 4.21 Å². The number of amides is 1. The molecule has 0 saturated carbocycles. The predicted molar refractivity (Wildman–Crippen MR) is 147 cm³/mol. The van der Waals surface area contributed by atoms with Gasteiger partial charge in [0, 0.05) is 23.8 Å². The van der Waals surface area contributed by atoms with Crippen LogP contribution in [0.4, 0.5) is 11.4 Å². The molecule has 1 aromatic heterocycles. The Bertz CT molecular complexity index is 1450. The Labute approximate surface area is 230 Å². The van der Waals surface area contributed by atoms with Gasteiger partial charge in [0.2, 0.25) is 10.0 Å². The fraction of sp³-hybridized carbons (Fsp3) is 0.261. The fourth-order valence-corrected chi connectivity index (χ4v) is 7.42. The molecule has 0 spiro atoms. The summed E-state index contributed by atoms with van der Waals surface area (Å²) in [6, 6.07) is 12.7. The number of carbonyl (C=O) groups is 1. The van der Waals surface area contributed by atoms with Crippen molar-refractivity contribution in [1.82, 2.24) is 4.31 Å². The first-order valence-electron chi connectivity index (χ1n) is 11.1. The topological polar surface area (TPSA) is 122 Å². The van der Waals surface area contributed by atoms with E-state index in [1.165, 1.54) is 58.9 Å². The Morgan fingerprint density at radius 1 is 0.946 bits per heavy atom. The summed E-state index contributed by atoms with van der Waals surface area (Å²) in [7, 11) is -7.66. The second-order valence-corrected chi connectivity index (χ2v) is 13.3. The number of rotatable bonds is 7. The maximum absolute atomic E-state index is 13.0. The summed E-state index contributed by atoms with van der Waals surface area (Å²) in [6.07, 6.45) is 0. The Hall–Kier alpha value is -2.19. The molecule has 1 fully saturated rings.